The van der Waals surface area contributed by atoms with Crippen LogP contribution in [0.4, 0.5) is 24.5 Å². The molecule has 0 spiro atoms. The number of carboxylic acid groups (broad SMARTS) is 1. The number of nitro groups is 1. The summed E-state index contributed by atoms with van der Waals surface area (Å²) in [4.78, 5) is 36.6. The van der Waals surface area contributed by atoms with Gasteiger partial charge in [-0.3, -0.25) is 19.8 Å². The summed E-state index contributed by atoms with van der Waals surface area (Å²) in [6, 6.07) is 19.1. The molecule has 1 heterocycles. The standard InChI is InChI=1S/C25H28N4O4.C2HF3O2/c1-33-24-10-9-21(29(31)32)17-23(24)26-25(30)11-12-27-13-15-28(16-14-27)18-20-7-4-6-19-5-2-3-8-22(19)20;3-2(4,5)1(6)7/h2-10,17H,11-16,18H2,1H3,(H,26,30);(H,6,7). The number of anilines is 1. The largest absolute Gasteiger partial charge is 0.495 e. The Kier molecular flexibility index (Phi) is 10.4. The fourth-order valence-electron chi connectivity index (χ4n) is 4.22. The van der Waals surface area contributed by atoms with Gasteiger partial charge in [-0.1, -0.05) is 42.5 Å². The zero-order valence-corrected chi connectivity index (χ0v) is 21.7. The van der Waals surface area contributed by atoms with Crippen LogP contribution in [0.25, 0.3) is 10.8 Å². The second kappa shape index (κ2) is 13.7. The summed E-state index contributed by atoms with van der Waals surface area (Å²) in [5, 5.41) is 23.5. The fourth-order valence-corrected chi connectivity index (χ4v) is 4.22. The Hall–Kier alpha value is -4.23. The van der Waals surface area contributed by atoms with E-state index >= 15 is 0 Å². The van der Waals surface area contributed by atoms with Crippen molar-refractivity contribution in [1.82, 2.24) is 9.80 Å². The molecule has 10 nitrogen and oxygen atoms in total. The van der Waals surface area contributed by atoms with Crippen molar-refractivity contribution in [2.75, 3.05) is 45.2 Å². The van der Waals surface area contributed by atoms with E-state index in [9.17, 15) is 28.1 Å². The Morgan fingerprint density at radius 3 is 2.27 bits per heavy atom. The van der Waals surface area contributed by atoms with E-state index in [1.54, 1.807) is 0 Å². The third-order valence-corrected chi connectivity index (χ3v) is 6.30. The van der Waals surface area contributed by atoms with Crippen LogP contribution >= 0.6 is 0 Å². The first-order valence-corrected chi connectivity index (χ1v) is 12.3. The predicted octanol–water partition coefficient (Wildman–Crippen LogP) is 4.54. The van der Waals surface area contributed by atoms with Gasteiger partial charge in [0.25, 0.3) is 5.69 Å². The number of aliphatic carboxylic acids is 1. The lowest BCUT2D eigenvalue weighted by Gasteiger charge is -2.34. The number of fused-ring (bicyclic) bond motifs is 1. The second-order valence-corrected chi connectivity index (χ2v) is 9.00. The van der Waals surface area contributed by atoms with Crippen LogP contribution in [-0.2, 0) is 16.1 Å². The van der Waals surface area contributed by atoms with E-state index in [4.69, 9.17) is 14.6 Å². The average molecular weight is 563 g/mol. The van der Waals surface area contributed by atoms with Crippen molar-refractivity contribution < 1.29 is 37.5 Å². The van der Waals surface area contributed by atoms with Crippen LogP contribution in [0.1, 0.15) is 12.0 Å². The van der Waals surface area contributed by atoms with Crippen LogP contribution in [0.3, 0.4) is 0 Å². The summed E-state index contributed by atoms with van der Waals surface area (Å²) in [6.45, 7) is 5.26. The fraction of sp³-hybridized carbons (Fsp3) is 0.333. The number of amides is 1. The average Bonchev–Trinajstić information content (AvgIpc) is 2.92. The van der Waals surface area contributed by atoms with E-state index in [0.29, 0.717) is 24.4 Å². The zero-order valence-electron chi connectivity index (χ0n) is 21.7. The van der Waals surface area contributed by atoms with Crippen LogP contribution in [0.5, 0.6) is 5.75 Å². The molecular weight excluding hydrogens is 533 g/mol. The molecule has 0 atom stereocenters. The van der Waals surface area contributed by atoms with E-state index in [-0.39, 0.29) is 11.6 Å². The second-order valence-electron chi connectivity index (χ2n) is 9.00. The van der Waals surface area contributed by atoms with Crippen LogP contribution in [0.2, 0.25) is 0 Å². The maximum atomic E-state index is 12.5. The van der Waals surface area contributed by atoms with E-state index in [0.717, 1.165) is 32.7 Å². The Bertz CT molecular complexity index is 1340. The summed E-state index contributed by atoms with van der Waals surface area (Å²) >= 11 is 0. The molecule has 13 heteroatoms. The summed E-state index contributed by atoms with van der Waals surface area (Å²) in [5.74, 6) is -2.55. The first-order chi connectivity index (χ1) is 19.0. The van der Waals surface area contributed by atoms with E-state index in [1.165, 1.54) is 41.6 Å². The van der Waals surface area contributed by atoms with Crippen LogP contribution < -0.4 is 10.1 Å². The number of hydrogen-bond acceptors (Lipinski definition) is 7. The number of piperazine rings is 1. The predicted molar refractivity (Wildman–Crippen MR) is 142 cm³/mol. The number of carbonyl (C=O) groups excluding carboxylic acids is 1. The molecule has 4 rings (SSSR count). The number of benzene rings is 3. The van der Waals surface area contributed by atoms with Crippen molar-refractivity contribution >= 4 is 34.0 Å². The highest BCUT2D eigenvalue weighted by molar-refractivity contribution is 5.92. The monoisotopic (exact) mass is 562 g/mol. The van der Waals surface area contributed by atoms with Crippen LogP contribution in [-0.4, -0.2) is 77.7 Å². The Labute approximate surface area is 228 Å². The number of alkyl halides is 3. The minimum Gasteiger partial charge on any atom is -0.495 e. The number of non-ortho nitro benzene ring substituents is 1. The summed E-state index contributed by atoms with van der Waals surface area (Å²) < 4.78 is 36.9. The highest BCUT2D eigenvalue weighted by Gasteiger charge is 2.38. The summed E-state index contributed by atoms with van der Waals surface area (Å²) in [7, 11) is 1.47. The van der Waals surface area contributed by atoms with E-state index in [2.05, 4.69) is 57.6 Å². The molecule has 40 heavy (non-hydrogen) atoms. The van der Waals surface area contributed by atoms with Gasteiger partial charge in [0, 0.05) is 57.8 Å². The molecule has 1 amide bonds. The number of carbonyl (C=O) groups is 2. The minimum atomic E-state index is -5.08. The summed E-state index contributed by atoms with van der Waals surface area (Å²) in [6.07, 6.45) is -4.77. The lowest BCUT2D eigenvalue weighted by Crippen LogP contribution is -2.46. The number of ether oxygens (including phenoxy) is 1. The van der Waals surface area contributed by atoms with Crippen molar-refractivity contribution in [2.45, 2.75) is 19.1 Å². The van der Waals surface area contributed by atoms with Crippen molar-refractivity contribution in [1.29, 1.82) is 0 Å². The molecule has 3 aromatic carbocycles. The molecular formula is C27H29F3N4O6. The van der Waals surface area contributed by atoms with Crippen molar-refractivity contribution in [3.8, 4) is 5.75 Å². The van der Waals surface area contributed by atoms with Crippen LogP contribution in [0, 0.1) is 10.1 Å². The van der Waals surface area contributed by atoms with Gasteiger partial charge < -0.3 is 20.1 Å². The molecule has 1 saturated heterocycles. The number of nitrogens with one attached hydrogen (secondary N) is 1. The molecule has 1 aliphatic rings. The van der Waals surface area contributed by atoms with Crippen molar-refractivity contribution in [3.63, 3.8) is 0 Å². The Morgan fingerprint density at radius 2 is 1.65 bits per heavy atom. The first kappa shape index (κ1) is 30.3. The van der Waals surface area contributed by atoms with Gasteiger partial charge in [-0.15, -0.1) is 0 Å². The number of halogens is 3. The first-order valence-electron chi connectivity index (χ1n) is 12.3. The topological polar surface area (TPSA) is 125 Å². The zero-order chi connectivity index (χ0) is 29.3. The molecule has 1 aliphatic heterocycles. The van der Waals surface area contributed by atoms with Crippen LogP contribution in [0.15, 0.2) is 60.7 Å². The minimum absolute atomic E-state index is 0.0894. The molecule has 0 saturated carbocycles. The van der Waals surface area contributed by atoms with Gasteiger partial charge in [0.1, 0.15) is 5.75 Å². The highest BCUT2D eigenvalue weighted by atomic mass is 19.4. The van der Waals surface area contributed by atoms with Gasteiger partial charge in [0.05, 0.1) is 17.7 Å². The molecule has 0 bridgehead atoms. The molecule has 0 aromatic heterocycles. The number of rotatable bonds is 8. The van der Waals surface area contributed by atoms with Gasteiger partial charge in [-0.2, -0.15) is 13.2 Å². The number of hydrogen-bond donors (Lipinski definition) is 2. The van der Waals surface area contributed by atoms with Crippen molar-refractivity contribution in [2.24, 2.45) is 0 Å². The maximum absolute atomic E-state index is 12.5. The molecule has 0 unspecified atom stereocenters. The third kappa shape index (κ3) is 8.64. The number of carboxylic acids is 1. The number of nitrogens with zero attached hydrogens (tertiary/aromatic N) is 3. The van der Waals surface area contributed by atoms with Gasteiger partial charge >= 0.3 is 12.1 Å². The smallest absolute Gasteiger partial charge is 0.490 e. The maximum Gasteiger partial charge on any atom is 0.490 e. The van der Waals surface area contributed by atoms with Gasteiger partial charge in [-0.05, 0) is 22.4 Å². The highest BCUT2D eigenvalue weighted by Crippen LogP contribution is 2.29. The third-order valence-electron chi connectivity index (χ3n) is 6.30. The molecule has 3 aromatic rings. The quantitative estimate of drug-likeness (QED) is 0.303. The molecule has 0 aliphatic carbocycles. The SMILES string of the molecule is COc1ccc([N+](=O)[O-])cc1NC(=O)CCN1CCN(Cc2cccc3ccccc23)CC1.O=C(O)C(F)(F)F. The number of nitro benzene ring substituents is 1. The lowest BCUT2D eigenvalue weighted by atomic mass is 10.0. The van der Waals surface area contributed by atoms with E-state index < -0.39 is 17.1 Å². The normalized spacial score (nSPS) is 14.2. The molecule has 1 fully saturated rings. The molecule has 0 radical (unpaired) electrons. The van der Waals surface area contributed by atoms with Gasteiger partial charge in [-0.25, -0.2) is 4.79 Å². The Balaban J connectivity index is 0.000000559. The number of methoxy groups -OCH3 is 1. The summed E-state index contributed by atoms with van der Waals surface area (Å²) in [5.41, 5.74) is 1.57. The molecule has 2 N–H and O–H groups in total. The van der Waals surface area contributed by atoms with Gasteiger partial charge in [0.15, 0.2) is 0 Å². The molecule has 214 valence electrons. The van der Waals surface area contributed by atoms with Crippen molar-refractivity contribution in [3.05, 3.63) is 76.3 Å². The lowest BCUT2D eigenvalue weighted by molar-refractivity contribution is -0.384. The van der Waals surface area contributed by atoms with Gasteiger partial charge in [0.2, 0.25) is 5.91 Å². The van der Waals surface area contributed by atoms with E-state index in [1.807, 2.05) is 0 Å². The Morgan fingerprint density at radius 1 is 1.02 bits per heavy atom.